The van der Waals surface area contributed by atoms with Crippen molar-refractivity contribution in [1.82, 2.24) is 9.97 Å². The van der Waals surface area contributed by atoms with E-state index in [0.29, 0.717) is 11.0 Å². The van der Waals surface area contributed by atoms with Crippen LogP contribution in [0.1, 0.15) is 6.92 Å². The molecule has 0 unspecified atom stereocenters. The monoisotopic (exact) mass is 387 g/mol. The van der Waals surface area contributed by atoms with Crippen molar-refractivity contribution in [2.45, 2.75) is 12.1 Å². The van der Waals surface area contributed by atoms with E-state index < -0.39 is 0 Å². The number of hydrogen-bond donors (Lipinski definition) is 1. The minimum absolute atomic E-state index is 0.553. The van der Waals surface area contributed by atoms with Crippen LogP contribution in [0.4, 0.5) is 5.82 Å². The normalized spacial score (nSPS) is 10.3. The number of halogens is 1. The van der Waals surface area contributed by atoms with Crippen LogP contribution in [0.5, 0.6) is 11.6 Å². The molecule has 0 aliphatic rings. The first-order valence-electron chi connectivity index (χ1n) is 5.81. The van der Waals surface area contributed by atoms with Crippen molar-refractivity contribution in [3.8, 4) is 11.6 Å². The number of rotatable bonds is 5. The van der Waals surface area contributed by atoms with Gasteiger partial charge in [0.25, 0.3) is 0 Å². The molecular weight excluding hydrogens is 373 g/mol. The zero-order valence-electron chi connectivity index (χ0n) is 10.7. The number of anilines is 1. The van der Waals surface area contributed by atoms with E-state index in [4.69, 9.17) is 4.74 Å². The van der Waals surface area contributed by atoms with E-state index in [-0.39, 0.29) is 0 Å². The van der Waals surface area contributed by atoms with Gasteiger partial charge in [0.1, 0.15) is 11.6 Å². The van der Waals surface area contributed by atoms with Gasteiger partial charge in [0.2, 0.25) is 5.88 Å². The molecule has 0 spiro atoms. The first kappa shape index (κ1) is 14.4. The lowest BCUT2D eigenvalue weighted by Crippen LogP contribution is -2.02. The van der Waals surface area contributed by atoms with Crippen molar-refractivity contribution in [3.63, 3.8) is 0 Å². The van der Waals surface area contributed by atoms with E-state index in [2.05, 4.69) is 37.9 Å². The van der Waals surface area contributed by atoms with Crippen LogP contribution in [-0.4, -0.2) is 22.8 Å². The molecule has 1 N–H and O–H groups in total. The predicted octanol–water partition coefficient (Wildman–Crippen LogP) is 4.03. The van der Waals surface area contributed by atoms with Crippen LogP contribution >= 0.6 is 34.4 Å². The van der Waals surface area contributed by atoms with Crippen LogP contribution in [0.3, 0.4) is 0 Å². The Kier molecular flexibility index (Phi) is 5.26. The minimum atomic E-state index is 0.553. The highest BCUT2D eigenvalue weighted by Crippen LogP contribution is 2.25. The van der Waals surface area contributed by atoms with Gasteiger partial charge in [-0.2, -0.15) is 4.98 Å². The number of aromatic nitrogens is 2. The molecule has 6 heteroatoms. The highest BCUT2D eigenvalue weighted by molar-refractivity contribution is 14.1. The van der Waals surface area contributed by atoms with Crippen LogP contribution in [0.2, 0.25) is 0 Å². The maximum Gasteiger partial charge on any atom is 0.225 e. The second-order valence-electron chi connectivity index (χ2n) is 3.67. The van der Waals surface area contributed by atoms with Gasteiger partial charge in [0, 0.05) is 16.2 Å². The fraction of sp³-hybridized carbons (Fsp3) is 0.231. The summed E-state index contributed by atoms with van der Waals surface area (Å²) in [5, 5.41) is 3.87. The Labute approximate surface area is 130 Å². The van der Waals surface area contributed by atoms with Gasteiger partial charge in [0.05, 0.1) is 0 Å². The minimum Gasteiger partial charge on any atom is -0.439 e. The standard InChI is InChI=1S/C13H14IN3OS/c1-3-15-11-8-12(17-13(16-11)19-2)18-10-6-4-5-9(14)7-10/h4-8H,3H2,1-2H3,(H,15,16,17). The summed E-state index contributed by atoms with van der Waals surface area (Å²) in [4.78, 5) is 8.71. The Morgan fingerprint density at radius 1 is 1.32 bits per heavy atom. The molecule has 1 aromatic heterocycles. The summed E-state index contributed by atoms with van der Waals surface area (Å²) in [6, 6.07) is 9.66. The SMILES string of the molecule is CCNc1cc(Oc2cccc(I)c2)nc(SC)n1. The third kappa shape index (κ3) is 4.24. The van der Waals surface area contributed by atoms with Crippen molar-refractivity contribution in [1.29, 1.82) is 0 Å². The molecule has 100 valence electrons. The molecule has 0 amide bonds. The Morgan fingerprint density at radius 3 is 2.84 bits per heavy atom. The average Bonchev–Trinajstić information content (AvgIpc) is 2.39. The molecule has 0 atom stereocenters. The van der Waals surface area contributed by atoms with Crippen LogP contribution in [0, 0.1) is 3.57 Å². The molecule has 2 aromatic rings. The topological polar surface area (TPSA) is 47.0 Å². The van der Waals surface area contributed by atoms with Crippen LogP contribution < -0.4 is 10.1 Å². The molecule has 0 radical (unpaired) electrons. The summed E-state index contributed by atoms with van der Waals surface area (Å²) < 4.78 is 6.91. The fourth-order valence-electron chi connectivity index (χ4n) is 1.47. The molecule has 4 nitrogen and oxygen atoms in total. The number of ether oxygens (including phenoxy) is 1. The lowest BCUT2D eigenvalue weighted by atomic mass is 10.3. The summed E-state index contributed by atoms with van der Waals surface area (Å²) >= 11 is 3.75. The Morgan fingerprint density at radius 2 is 2.16 bits per heavy atom. The molecule has 0 bridgehead atoms. The van der Waals surface area contributed by atoms with Crippen molar-refractivity contribution in [3.05, 3.63) is 33.9 Å². The largest absolute Gasteiger partial charge is 0.439 e. The van der Waals surface area contributed by atoms with Crippen LogP contribution in [0.15, 0.2) is 35.5 Å². The number of hydrogen-bond acceptors (Lipinski definition) is 5. The van der Waals surface area contributed by atoms with Gasteiger partial charge in [-0.25, -0.2) is 4.98 Å². The highest BCUT2D eigenvalue weighted by Gasteiger charge is 2.06. The van der Waals surface area contributed by atoms with Gasteiger partial charge < -0.3 is 10.1 Å². The number of nitrogens with one attached hydrogen (secondary N) is 1. The fourth-order valence-corrected chi connectivity index (χ4v) is 2.36. The molecule has 1 heterocycles. The first-order valence-corrected chi connectivity index (χ1v) is 8.12. The van der Waals surface area contributed by atoms with Crippen molar-refractivity contribution in [2.24, 2.45) is 0 Å². The van der Waals surface area contributed by atoms with E-state index in [1.807, 2.05) is 43.5 Å². The van der Waals surface area contributed by atoms with Crippen LogP contribution in [0.25, 0.3) is 0 Å². The lowest BCUT2D eigenvalue weighted by molar-refractivity contribution is 0.456. The predicted molar refractivity (Wildman–Crippen MR) is 87.2 cm³/mol. The average molecular weight is 387 g/mol. The molecule has 0 saturated carbocycles. The second kappa shape index (κ2) is 6.95. The van der Waals surface area contributed by atoms with E-state index in [1.165, 1.54) is 11.8 Å². The molecule has 19 heavy (non-hydrogen) atoms. The summed E-state index contributed by atoms with van der Waals surface area (Å²) in [5.74, 6) is 2.11. The number of benzene rings is 1. The van der Waals surface area contributed by atoms with Gasteiger partial charge in [-0.3, -0.25) is 0 Å². The second-order valence-corrected chi connectivity index (χ2v) is 5.69. The Bertz CT molecular complexity index is 565. The smallest absolute Gasteiger partial charge is 0.225 e. The van der Waals surface area contributed by atoms with E-state index in [9.17, 15) is 0 Å². The molecule has 1 aromatic carbocycles. The molecule has 0 aliphatic carbocycles. The quantitative estimate of drug-likeness (QED) is 0.477. The zero-order chi connectivity index (χ0) is 13.7. The van der Waals surface area contributed by atoms with Gasteiger partial charge in [-0.1, -0.05) is 17.8 Å². The van der Waals surface area contributed by atoms with Gasteiger partial charge in [-0.15, -0.1) is 0 Å². The van der Waals surface area contributed by atoms with Gasteiger partial charge >= 0.3 is 0 Å². The van der Waals surface area contributed by atoms with Crippen LogP contribution in [-0.2, 0) is 0 Å². The first-order chi connectivity index (χ1) is 9.21. The molecule has 0 aliphatic heterocycles. The summed E-state index contributed by atoms with van der Waals surface area (Å²) in [7, 11) is 0. The number of nitrogens with zero attached hydrogens (tertiary/aromatic N) is 2. The maximum absolute atomic E-state index is 5.78. The van der Waals surface area contributed by atoms with E-state index in [0.717, 1.165) is 21.7 Å². The van der Waals surface area contributed by atoms with Crippen molar-refractivity contribution >= 4 is 40.2 Å². The van der Waals surface area contributed by atoms with Gasteiger partial charge in [-0.05, 0) is 54.0 Å². The van der Waals surface area contributed by atoms with Crippen molar-refractivity contribution in [2.75, 3.05) is 18.1 Å². The Balaban J connectivity index is 2.26. The lowest BCUT2D eigenvalue weighted by Gasteiger charge is -2.09. The molecule has 0 saturated heterocycles. The molecular formula is C13H14IN3OS. The summed E-state index contributed by atoms with van der Waals surface area (Å²) in [6.07, 6.45) is 1.94. The number of thioether (sulfide) groups is 1. The molecule has 0 fully saturated rings. The maximum atomic E-state index is 5.78. The Hall–Kier alpha value is -1.02. The summed E-state index contributed by atoms with van der Waals surface area (Å²) in [6.45, 7) is 2.84. The summed E-state index contributed by atoms with van der Waals surface area (Å²) in [5.41, 5.74) is 0. The van der Waals surface area contributed by atoms with Crippen molar-refractivity contribution < 1.29 is 4.74 Å². The van der Waals surface area contributed by atoms with E-state index >= 15 is 0 Å². The molecule has 2 rings (SSSR count). The highest BCUT2D eigenvalue weighted by atomic mass is 127. The van der Waals surface area contributed by atoms with E-state index in [1.54, 1.807) is 0 Å². The third-order valence-corrected chi connectivity index (χ3v) is 3.46. The third-order valence-electron chi connectivity index (χ3n) is 2.24. The van der Waals surface area contributed by atoms with Gasteiger partial charge in [0.15, 0.2) is 5.16 Å². The zero-order valence-corrected chi connectivity index (χ0v) is 13.7.